The van der Waals surface area contributed by atoms with E-state index in [0.29, 0.717) is 29.7 Å². The Balaban J connectivity index is 1.07. The van der Waals surface area contributed by atoms with Crippen molar-refractivity contribution in [1.82, 2.24) is 24.8 Å². The van der Waals surface area contributed by atoms with E-state index in [-0.39, 0.29) is 30.5 Å². The SMILES string of the molecule is C[C@@H]1[C@@H]([Si](C)(C)F)[C@H](CCn2cc(C(CO)c3ccccc3)nn2)O[C@@]12C(=O)N(Cc1cccc(-n3ncc4ccccc4c3=O)c1)c1ccccc12. The number of carbonyl (C=O) groups is 1. The number of fused-ring (bicyclic) bond motifs is 3. The zero-order valence-corrected chi connectivity index (χ0v) is 30.8. The molecule has 0 radical (unpaired) electrons. The van der Waals surface area contributed by atoms with Gasteiger partial charge in [-0.2, -0.15) is 9.78 Å². The van der Waals surface area contributed by atoms with Crippen molar-refractivity contribution in [3.05, 3.63) is 148 Å². The lowest BCUT2D eigenvalue weighted by Crippen LogP contribution is -2.45. The normalized spacial score (nSPS) is 21.8. The van der Waals surface area contributed by atoms with Crippen molar-refractivity contribution in [1.29, 1.82) is 0 Å². The van der Waals surface area contributed by atoms with Gasteiger partial charge in [0.2, 0.25) is 8.41 Å². The van der Waals surface area contributed by atoms with Crippen LogP contribution in [0.2, 0.25) is 18.6 Å². The average molecular weight is 729 g/mol. The molecule has 1 spiro atoms. The number of aliphatic hydroxyl groups is 1. The number of anilines is 1. The number of hydrogen-bond acceptors (Lipinski definition) is 7. The summed E-state index contributed by atoms with van der Waals surface area (Å²) in [6.45, 7) is 5.86. The van der Waals surface area contributed by atoms with Crippen LogP contribution in [0.3, 0.4) is 0 Å². The molecule has 0 saturated carbocycles. The Morgan fingerprint density at radius 1 is 0.962 bits per heavy atom. The van der Waals surface area contributed by atoms with E-state index in [1.165, 1.54) is 4.68 Å². The van der Waals surface area contributed by atoms with Gasteiger partial charge in [-0.1, -0.05) is 91.0 Å². The molecule has 53 heavy (non-hydrogen) atoms. The Hall–Kier alpha value is -5.30. The summed E-state index contributed by atoms with van der Waals surface area (Å²) in [6.07, 6.45) is 3.38. The lowest BCUT2D eigenvalue weighted by molar-refractivity contribution is -0.146. The summed E-state index contributed by atoms with van der Waals surface area (Å²) in [7, 11) is -3.38. The number of aromatic nitrogens is 5. The van der Waals surface area contributed by atoms with Gasteiger partial charge in [-0.15, -0.1) is 5.10 Å². The van der Waals surface area contributed by atoms with Gasteiger partial charge in [-0.05, 0) is 54.9 Å². The van der Waals surface area contributed by atoms with Crippen LogP contribution in [-0.2, 0) is 28.2 Å². The molecule has 1 amide bonds. The summed E-state index contributed by atoms with van der Waals surface area (Å²) in [5.41, 5.74) is 2.40. The van der Waals surface area contributed by atoms with Crippen LogP contribution in [0.15, 0.2) is 120 Å². The maximum Gasteiger partial charge on any atom is 0.279 e. The first-order valence-corrected chi connectivity index (χ1v) is 21.0. The van der Waals surface area contributed by atoms with Gasteiger partial charge < -0.3 is 18.9 Å². The predicted octanol–water partition coefficient (Wildman–Crippen LogP) is 6.51. The molecule has 2 aliphatic heterocycles. The van der Waals surface area contributed by atoms with Gasteiger partial charge in [0.1, 0.15) is 0 Å². The number of benzene rings is 4. The van der Waals surface area contributed by atoms with Crippen molar-refractivity contribution in [2.75, 3.05) is 11.5 Å². The monoisotopic (exact) mass is 728 g/mol. The number of ether oxygens (including phenoxy) is 1. The molecule has 8 rings (SSSR count). The van der Waals surface area contributed by atoms with Crippen molar-refractivity contribution in [3.8, 4) is 5.69 Å². The number of para-hydroxylation sites is 1. The number of hydrogen-bond donors (Lipinski definition) is 1. The molecule has 1 N–H and O–H groups in total. The highest BCUT2D eigenvalue weighted by Gasteiger charge is 2.66. The highest BCUT2D eigenvalue weighted by molar-refractivity contribution is 6.72. The predicted molar refractivity (Wildman–Crippen MR) is 203 cm³/mol. The first-order chi connectivity index (χ1) is 25.6. The Kier molecular flexibility index (Phi) is 8.92. The third kappa shape index (κ3) is 6.00. The first kappa shape index (κ1) is 34.8. The second-order valence-electron chi connectivity index (χ2n) is 14.6. The first-order valence-electron chi connectivity index (χ1n) is 18.0. The van der Waals surface area contributed by atoms with Crippen LogP contribution in [0.1, 0.15) is 41.6 Å². The maximum atomic E-state index is 16.4. The van der Waals surface area contributed by atoms with Gasteiger partial charge in [0, 0.05) is 35.2 Å². The zero-order valence-electron chi connectivity index (χ0n) is 29.8. The van der Waals surface area contributed by atoms with Gasteiger partial charge in [0.15, 0.2) is 5.60 Å². The summed E-state index contributed by atoms with van der Waals surface area (Å²) in [4.78, 5) is 30.0. The molecule has 270 valence electrons. The van der Waals surface area contributed by atoms with Crippen molar-refractivity contribution < 1.29 is 18.7 Å². The van der Waals surface area contributed by atoms with E-state index in [2.05, 4.69) is 15.4 Å². The number of rotatable bonds is 10. The lowest BCUT2D eigenvalue weighted by atomic mass is 9.82. The molecule has 2 aliphatic rings. The van der Waals surface area contributed by atoms with E-state index >= 15 is 4.11 Å². The summed E-state index contributed by atoms with van der Waals surface area (Å²) >= 11 is 0. The molecule has 1 fully saturated rings. The average Bonchev–Trinajstić information content (AvgIpc) is 3.82. The van der Waals surface area contributed by atoms with Crippen LogP contribution in [0.25, 0.3) is 16.5 Å². The smallest absolute Gasteiger partial charge is 0.279 e. The molecule has 12 heteroatoms. The van der Waals surface area contributed by atoms with Gasteiger partial charge in [-0.25, -0.2) is 0 Å². The third-order valence-corrected chi connectivity index (χ3v) is 13.5. The second kappa shape index (κ2) is 13.6. The Labute approximate surface area is 307 Å². The second-order valence-corrected chi connectivity index (χ2v) is 18.4. The highest BCUT2D eigenvalue weighted by Crippen LogP contribution is 2.60. The molecule has 4 heterocycles. The molecule has 2 aromatic heterocycles. The van der Waals surface area contributed by atoms with Gasteiger partial charge >= 0.3 is 0 Å². The molecular formula is C41H41FN6O4Si. The minimum atomic E-state index is -3.38. The van der Waals surface area contributed by atoms with Crippen LogP contribution >= 0.6 is 0 Å². The van der Waals surface area contributed by atoms with E-state index in [1.807, 2.05) is 110 Å². The molecule has 10 nitrogen and oxygen atoms in total. The largest absolute Gasteiger partial charge is 0.395 e. The molecule has 0 aliphatic carbocycles. The van der Waals surface area contributed by atoms with E-state index in [1.54, 1.807) is 34.9 Å². The maximum absolute atomic E-state index is 16.4. The van der Waals surface area contributed by atoms with Crippen molar-refractivity contribution >= 4 is 30.8 Å². The topological polar surface area (TPSA) is 115 Å². The fourth-order valence-corrected chi connectivity index (χ4v) is 11.1. The lowest BCUT2D eigenvalue weighted by Gasteiger charge is -2.31. The number of aryl methyl sites for hydroxylation is 1. The van der Waals surface area contributed by atoms with Gasteiger partial charge in [-0.3, -0.25) is 14.3 Å². The van der Waals surface area contributed by atoms with Crippen molar-refractivity contribution in [3.63, 3.8) is 0 Å². The van der Waals surface area contributed by atoms with E-state index in [4.69, 9.17) is 4.74 Å². The molecule has 1 saturated heterocycles. The number of nitrogens with zero attached hydrogens (tertiary/aromatic N) is 6. The summed E-state index contributed by atoms with van der Waals surface area (Å²) in [6, 6.07) is 32.1. The van der Waals surface area contributed by atoms with Crippen LogP contribution in [-0.4, -0.2) is 56.9 Å². The van der Waals surface area contributed by atoms with E-state index < -0.39 is 31.6 Å². The number of aliphatic hydroxyl groups excluding tert-OH is 1. The number of carbonyl (C=O) groups excluding carboxylic acids is 1. The van der Waals surface area contributed by atoms with Crippen LogP contribution in [0.4, 0.5) is 9.80 Å². The van der Waals surface area contributed by atoms with Crippen molar-refractivity contribution in [2.24, 2.45) is 5.92 Å². The quantitative estimate of drug-likeness (QED) is 0.126. The third-order valence-electron chi connectivity index (χ3n) is 11.0. The summed E-state index contributed by atoms with van der Waals surface area (Å²) in [5, 5.41) is 24.6. The molecule has 4 aromatic carbocycles. The molecular weight excluding hydrogens is 688 g/mol. The standard InChI is InChI=1S/C41H41FN6O4Si/c1-27-38(53(2,3)42)37(20-21-46-25-35(44-45-46)33(26-49)29-13-5-4-6-14-29)52-41(27)34-18-9-10-19-36(34)47(40(41)51)24-28-12-11-16-31(22-28)48-39(50)32-17-8-7-15-30(32)23-43-48/h4-19,22-23,25,27,33,37-38,49H,20-21,24,26H2,1-3H3/t27-,33?,37+,38-,41+/m1/s1. The summed E-state index contributed by atoms with van der Waals surface area (Å²) < 4.78 is 26.4. The van der Waals surface area contributed by atoms with Gasteiger partial charge in [0.25, 0.3) is 11.5 Å². The zero-order chi connectivity index (χ0) is 36.9. The molecule has 1 unspecified atom stereocenters. The fourth-order valence-electron chi connectivity index (χ4n) is 8.57. The molecule has 5 atom stereocenters. The number of halogens is 1. The highest BCUT2D eigenvalue weighted by atomic mass is 28.4. The van der Waals surface area contributed by atoms with E-state index in [0.717, 1.165) is 27.8 Å². The van der Waals surface area contributed by atoms with Crippen LogP contribution < -0.4 is 10.5 Å². The fraction of sp³-hybridized carbons (Fsp3) is 0.293. The minimum absolute atomic E-state index is 0.112. The summed E-state index contributed by atoms with van der Waals surface area (Å²) in [5.74, 6) is -0.974. The van der Waals surface area contributed by atoms with Crippen LogP contribution in [0, 0.1) is 5.92 Å². The Bertz CT molecular complexity index is 2360. The Morgan fingerprint density at radius 3 is 2.51 bits per heavy atom. The minimum Gasteiger partial charge on any atom is -0.395 e. The van der Waals surface area contributed by atoms with Gasteiger partial charge in [0.05, 0.1) is 53.8 Å². The molecule has 0 bridgehead atoms. The number of amides is 1. The van der Waals surface area contributed by atoms with Crippen molar-refractivity contribution in [2.45, 2.75) is 62.7 Å². The van der Waals surface area contributed by atoms with Crippen LogP contribution in [0.5, 0.6) is 0 Å². The molecule has 6 aromatic rings. The Morgan fingerprint density at radius 2 is 1.72 bits per heavy atom. The van der Waals surface area contributed by atoms with E-state index in [9.17, 15) is 14.7 Å².